The molecule has 2 N–H and O–H groups in total. The Labute approximate surface area is 131 Å². The molecule has 1 rings (SSSR count). The lowest BCUT2D eigenvalue weighted by Gasteiger charge is -2.19. The molecule has 1 unspecified atom stereocenters. The summed E-state index contributed by atoms with van der Waals surface area (Å²) in [6, 6.07) is 5.75. The van der Waals surface area contributed by atoms with Gasteiger partial charge in [-0.25, -0.2) is 0 Å². The molecule has 0 radical (unpaired) electrons. The molecule has 0 fully saturated rings. The fourth-order valence-electron chi connectivity index (χ4n) is 2.02. The number of halogens is 1. The monoisotopic (exact) mass is 316 g/mol. The molecule has 0 aliphatic carbocycles. The Balaban J connectivity index is 2.39. The van der Waals surface area contributed by atoms with Gasteiger partial charge in [0.1, 0.15) is 0 Å². The fourth-order valence-corrected chi connectivity index (χ4v) is 2.90. The van der Waals surface area contributed by atoms with E-state index in [1.54, 1.807) is 11.8 Å². The van der Waals surface area contributed by atoms with E-state index in [4.69, 9.17) is 11.6 Å². The summed E-state index contributed by atoms with van der Waals surface area (Å²) in [4.78, 5) is 3.39. The van der Waals surface area contributed by atoms with Gasteiger partial charge in [0.05, 0.1) is 11.1 Å². The lowest BCUT2D eigenvalue weighted by molar-refractivity contribution is 0.172. The summed E-state index contributed by atoms with van der Waals surface area (Å²) in [6.45, 7) is 8.89. The van der Waals surface area contributed by atoms with Crippen molar-refractivity contribution < 1.29 is 5.11 Å². The molecule has 5 heteroatoms. The molecule has 1 aromatic carbocycles. The Morgan fingerprint density at radius 1 is 1.35 bits per heavy atom. The maximum absolute atomic E-state index is 10.1. The van der Waals surface area contributed by atoms with E-state index in [9.17, 15) is 5.11 Å². The van der Waals surface area contributed by atoms with Crippen LogP contribution in [-0.2, 0) is 0 Å². The normalized spacial score (nSPS) is 12.9. The Bertz CT molecular complexity index is 399. The number of benzene rings is 1. The second-order valence-corrected chi connectivity index (χ2v) is 5.90. The van der Waals surface area contributed by atoms with Crippen molar-refractivity contribution in [2.24, 2.45) is 0 Å². The van der Waals surface area contributed by atoms with Gasteiger partial charge >= 0.3 is 0 Å². The van der Waals surface area contributed by atoms with Crippen LogP contribution in [-0.4, -0.2) is 49.0 Å². The van der Waals surface area contributed by atoms with Crippen molar-refractivity contribution in [3.05, 3.63) is 28.8 Å². The number of nitrogens with one attached hydrogen (secondary N) is 1. The van der Waals surface area contributed by atoms with E-state index in [0.717, 1.165) is 36.6 Å². The molecule has 3 nitrogen and oxygen atoms in total. The molecule has 114 valence electrons. The Hall–Kier alpha value is -0.260. The lowest BCUT2D eigenvalue weighted by Crippen LogP contribution is -2.33. The molecule has 0 spiro atoms. The third kappa shape index (κ3) is 5.62. The summed E-state index contributed by atoms with van der Waals surface area (Å²) in [5.41, 5.74) is 0.864. The van der Waals surface area contributed by atoms with Crippen LogP contribution in [0.15, 0.2) is 23.1 Å². The molecule has 0 saturated heterocycles. The number of aliphatic hydroxyl groups is 1. The minimum absolute atomic E-state index is 0.514. The third-order valence-corrected chi connectivity index (χ3v) is 4.62. The molecule has 0 amide bonds. The van der Waals surface area contributed by atoms with Crippen LogP contribution < -0.4 is 5.32 Å². The maximum atomic E-state index is 10.1. The quantitative estimate of drug-likeness (QED) is 0.542. The highest BCUT2D eigenvalue weighted by Gasteiger charge is 2.09. The van der Waals surface area contributed by atoms with Gasteiger partial charge in [0.25, 0.3) is 0 Å². The van der Waals surface area contributed by atoms with E-state index in [1.165, 1.54) is 0 Å². The SMILES string of the molecule is CCN(CC)CCNCC(O)c1ccc(SC)c(Cl)c1. The number of thioether (sulfide) groups is 1. The fraction of sp³-hybridized carbons (Fsp3) is 0.600. The first-order valence-electron chi connectivity index (χ1n) is 7.06. The summed E-state index contributed by atoms with van der Waals surface area (Å²) in [7, 11) is 0. The second kappa shape index (κ2) is 9.64. The smallest absolute Gasteiger partial charge is 0.0914 e. The van der Waals surface area contributed by atoms with E-state index >= 15 is 0 Å². The molecule has 1 atom stereocenters. The molecule has 20 heavy (non-hydrogen) atoms. The van der Waals surface area contributed by atoms with Crippen LogP contribution in [0.25, 0.3) is 0 Å². The highest BCUT2D eigenvalue weighted by Crippen LogP contribution is 2.28. The van der Waals surface area contributed by atoms with E-state index in [0.29, 0.717) is 11.6 Å². The minimum atomic E-state index is -0.514. The zero-order chi connectivity index (χ0) is 15.0. The molecular formula is C15H25ClN2OS. The summed E-state index contributed by atoms with van der Waals surface area (Å²) < 4.78 is 0. The van der Waals surface area contributed by atoms with E-state index in [-0.39, 0.29) is 0 Å². The van der Waals surface area contributed by atoms with Gasteiger partial charge < -0.3 is 15.3 Å². The number of rotatable bonds is 9. The van der Waals surface area contributed by atoms with Crippen molar-refractivity contribution >= 4 is 23.4 Å². The predicted molar refractivity (Wildman–Crippen MR) is 88.9 cm³/mol. The van der Waals surface area contributed by atoms with Crippen molar-refractivity contribution in [2.75, 3.05) is 39.0 Å². The summed E-state index contributed by atoms with van der Waals surface area (Å²) >= 11 is 7.77. The highest BCUT2D eigenvalue weighted by molar-refractivity contribution is 7.98. The number of nitrogens with zero attached hydrogens (tertiary/aromatic N) is 1. The minimum Gasteiger partial charge on any atom is -0.387 e. The predicted octanol–water partition coefficient (Wildman–Crippen LogP) is 3.03. The van der Waals surface area contributed by atoms with Gasteiger partial charge in [-0.3, -0.25) is 0 Å². The van der Waals surface area contributed by atoms with Gasteiger partial charge in [0.2, 0.25) is 0 Å². The molecule has 0 saturated carbocycles. The summed E-state index contributed by atoms with van der Waals surface area (Å²) in [6.07, 6.45) is 1.48. The van der Waals surface area contributed by atoms with Crippen LogP contribution in [0.2, 0.25) is 5.02 Å². The van der Waals surface area contributed by atoms with Crippen molar-refractivity contribution in [3.63, 3.8) is 0 Å². The van der Waals surface area contributed by atoms with Gasteiger partial charge in [0.15, 0.2) is 0 Å². The van der Waals surface area contributed by atoms with E-state index < -0.39 is 6.10 Å². The summed E-state index contributed by atoms with van der Waals surface area (Å²) in [5, 5.41) is 14.1. The molecule has 1 aromatic rings. The number of aliphatic hydroxyl groups excluding tert-OH is 1. The number of hydrogen-bond acceptors (Lipinski definition) is 4. The maximum Gasteiger partial charge on any atom is 0.0914 e. The third-order valence-electron chi connectivity index (χ3n) is 3.40. The average molecular weight is 317 g/mol. The first-order chi connectivity index (χ1) is 9.62. The van der Waals surface area contributed by atoms with Crippen LogP contribution in [0.4, 0.5) is 0 Å². The second-order valence-electron chi connectivity index (χ2n) is 4.64. The Morgan fingerprint density at radius 2 is 2.05 bits per heavy atom. The van der Waals surface area contributed by atoms with Gasteiger partial charge in [0, 0.05) is 24.5 Å². The molecular weight excluding hydrogens is 292 g/mol. The van der Waals surface area contributed by atoms with Crippen molar-refractivity contribution in [2.45, 2.75) is 24.8 Å². The summed E-state index contributed by atoms with van der Waals surface area (Å²) in [5.74, 6) is 0. The molecule has 0 aliphatic heterocycles. The highest BCUT2D eigenvalue weighted by atomic mass is 35.5. The van der Waals surface area contributed by atoms with Crippen LogP contribution in [0.1, 0.15) is 25.5 Å². The Kier molecular flexibility index (Phi) is 8.57. The largest absolute Gasteiger partial charge is 0.387 e. The molecule has 0 aliphatic rings. The first-order valence-corrected chi connectivity index (χ1v) is 8.67. The standard InChI is InChI=1S/C15H25ClN2OS/c1-4-18(5-2)9-8-17-11-14(19)12-6-7-15(20-3)13(16)10-12/h6-7,10,14,17,19H,4-5,8-9,11H2,1-3H3. The van der Waals surface area contributed by atoms with Gasteiger partial charge in [-0.15, -0.1) is 11.8 Å². The van der Waals surface area contributed by atoms with E-state index in [1.807, 2.05) is 24.5 Å². The Morgan fingerprint density at radius 3 is 2.60 bits per heavy atom. The van der Waals surface area contributed by atoms with E-state index in [2.05, 4.69) is 24.1 Å². The van der Waals surface area contributed by atoms with Crippen molar-refractivity contribution in [3.8, 4) is 0 Å². The molecule has 0 aromatic heterocycles. The average Bonchev–Trinajstić information content (AvgIpc) is 2.47. The zero-order valence-electron chi connectivity index (χ0n) is 12.5. The van der Waals surface area contributed by atoms with Gasteiger partial charge in [-0.2, -0.15) is 0 Å². The van der Waals surface area contributed by atoms with Crippen LogP contribution >= 0.6 is 23.4 Å². The van der Waals surface area contributed by atoms with Crippen LogP contribution in [0.3, 0.4) is 0 Å². The topological polar surface area (TPSA) is 35.5 Å². The molecule has 0 bridgehead atoms. The van der Waals surface area contributed by atoms with Crippen LogP contribution in [0.5, 0.6) is 0 Å². The number of hydrogen-bond donors (Lipinski definition) is 2. The zero-order valence-corrected chi connectivity index (χ0v) is 14.1. The van der Waals surface area contributed by atoms with Crippen molar-refractivity contribution in [1.29, 1.82) is 0 Å². The van der Waals surface area contributed by atoms with Crippen LogP contribution in [0, 0.1) is 0 Å². The van der Waals surface area contributed by atoms with Gasteiger partial charge in [-0.1, -0.05) is 31.5 Å². The number of likely N-dealkylation sites (N-methyl/N-ethyl adjacent to an activating group) is 1. The lowest BCUT2D eigenvalue weighted by atomic mass is 10.1. The van der Waals surface area contributed by atoms with Gasteiger partial charge in [-0.05, 0) is 37.0 Å². The van der Waals surface area contributed by atoms with Crippen molar-refractivity contribution in [1.82, 2.24) is 10.2 Å². The first kappa shape index (κ1) is 17.8. The molecule has 0 heterocycles.